The molecule has 2 amide bonds. The van der Waals surface area contributed by atoms with Crippen molar-refractivity contribution in [1.29, 1.82) is 0 Å². The second-order valence-electron chi connectivity index (χ2n) is 6.57. The lowest BCUT2D eigenvalue weighted by atomic mass is 9.90. The molecule has 9 heteroatoms. The Morgan fingerprint density at radius 2 is 1.72 bits per heavy atom. The van der Waals surface area contributed by atoms with Crippen molar-refractivity contribution in [3.63, 3.8) is 0 Å². The van der Waals surface area contributed by atoms with E-state index in [0.717, 1.165) is 6.42 Å². The van der Waals surface area contributed by atoms with Gasteiger partial charge in [-0.2, -0.15) is 0 Å². The maximum absolute atomic E-state index is 12.3. The molecule has 25 heavy (non-hydrogen) atoms. The highest BCUT2D eigenvalue weighted by Gasteiger charge is 2.26. The van der Waals surface area contributed by atoms with Gasteiger partial charge in [0.05, 0.1) is 4.90 Å². The summed E-state index contributed by atoms with van der Waals surface area (Å²) in [6.07, 6.45) is 0.723. The molecule has 1 aromatic carbocycles. The molecule has 0 saturated heterocycles. The number of carbonyl (C=O) groups excluding carboxylic acids is 2. The first kappa shape index (κ1) is 23.4. The van der Waals surface area contributed by atoms with Crippen LogP contribution in [0.5, 0.6) is 0 Å². The number of sulfone groups is 1. The smallest absolute Gasteiger partial charge is 0.251 e. The number of benzene rings is 1. The van der Waals surface area contributed by atoms with E-state index in [1.165, 1.54) is 24.3 Å². The summed E-state index contributed by atoms with van der Waals surface area (Å²) >= 11 is 0. The Balaban J connectivity index is 0.00000576. The average molecular weight is 392 g/mol. The molecule has 0 aromatic heterocycles. The Hall–Kier alpha value is -1.64. The van der Waals surface area contributed by atoms with Gasteiger partial charge in [0.1, 0.15) is 5.75 Å². The lowest BCUT2D eigenvalue weighted by Crippen LogP contribution is -2.52. The predicted octanol–water partition coefficient (Wildman–Crippen LogP) is 0.861. The molecule has 0 spiro atoms. The minimum Gasteiger partial charge on any atom is -0.369 e. The van der Waals surface area contributed by atoms with Crippen molar-refractivity contribution in [2.75, 3.05) is 12.3 Å². The summed E-state index contributed by atoms with van der Waals surface area (Å²) in [6.45, 7) is 6.25. The third-order valence-electron chi connectivity index (χ3n) is 3.53. The first-order valence-corrected chi connectivity index (χ1v) is 9.28. The van der Waals surface area contributed by atoms with E-state index in [1.807, 2.05) is 20.8 Å². The Labute approximate surface area is 154 Å². The van der Waals surface area contributed by atoms with Crippen LogP contribution in [-0.2, 0) is 14.6 Å². The molecule has 0 aliphatic heterocycles. The van der Waals surface area contributed by atoms with Gasteiger partial charge in [0, 0.05) is 17.6 Å². The fourth-order valence-corrected chi connectivity index (χ4v) is 3.61. The van der Waals surface area contributed by atoms with Crippen molar-refractivity contribution in [2.45, 2.75) is 37.6 Å². The van der Waals surface area contributed by atoms with Crippen molar-refractivity contribution >= 4 is 34.1 Å². The molecule has 5 N–H and O–H groups in total. The van der Waals surface area contributed by atoms with Gasteiger partial charge in [-0.15, -0.1) is 12.4 Å². The maximum atomic E-state index is 12.3. The van der Waals surface area contributed by atoms with E-state index in [9.17, 15) is 18.0 Å². The second kappa shape index (κ2) is 9.17. The van der Waals surface area contributed by atoms with E-state index in [2.05, 4.69) is 5.32 Å². The number of primary amides is 1. The number of amides is 2. The molecule has 0 saturated carbocycles. The second-order valence-corrected chi connectivity index (χ2v) is 8.56. The van der Waals surface area contributed by atoms with Crippen molar-refractivity contribution in [3.8, 4) is 0 Å². The van der Waals surface area contributed by atoms with Crippen LogP contribution in [0.3, 0.4) is 0 Å². The summed E-state index contributed by atoms with van der Waals surface area (Å²) in [5.41, 5.74) is 10.5. The number of hydrogen-bond donors (Lipinski definition) is 3. The van der Waals surface area contributed by atoms with Crippen molar-refractivity contribution < 1.29 is 18.0 Å². The van der Waals surface area contributed by atoms with Gasteiger partial charge >= 0.3 is 0 Å². The normalized spacial score (nSPS) is 13.6. The molecule has 0 heterocycles. The molecule has 0 aliphatic carbocycles. The lowest BCUT2D eigenvalue weighted by molar-refractivity contribution is -0.115. The lowest BCUT2D eigenvalue weighted by Gasteiger charge is -2.31. The summed E-state index contributed by atoms with van der Waals surface area (Å²) < 4.78 is 23.8. The minimum absolute atomic E-state index is 0. The number of nitrogens with two attached hydrogens (primary N) is 2. The van der Waals surface area contributed by atoms with Crippen LogP contribution in [-0.4, -0.2) is 38.1 Å². The quantitative estimate of drug-likeness (QED) is 0.604. The van der Waals surface area contributed by atoms with E-state index in [1.54, 1.807) is 0 Å². The van der Waals surface area contributed by atoms with Crippen LogP contribution in [0.25, 0.3) is 0 Å². The zero-order valence-electron chi connectivity index (χ0n) is 14.6. The number of rotatable bonds is 8. The number of halogens is 1. The maximum Gasteiger partial charge on any atom is 0.251 e. The Kier molecular flexibility index (Phi) is 8.57. The van der Waals surface area contributed by atoms with Crippen LogP contribution in [0.1, 0.15) is 37.6 Å². The fraction of sp³-hybridized carbons (Fsp3) is 0.500. The van der Waals surface area contributed by atoms with Gasteiger partial charge in [-0.3, -0.25) is 9.59 Å². The summed E-state index contributed by atoms with van der Waals surface area (Å²) in [4.78, 5) is 23.1. The standard InChI is InChI=1S/C16H25N3O4S.ClH/c1-11(2)8-16(3,10-17)19-15(21)12-4-6-13(7-5-12)24(22,23)9-14(18)20;/h4-7,11H,8-10,17H2,1-3H3,(H2,18,20)(H,19,21);1H. The summed E-state index contributed by atoms with van der Waals surface area (Å²) in [6, 6.07) is 5.37. The monoisotopic (exact) mass is 391 g/mol. The van der Waals surface area contributed by atoms with E-state index in [0.29, 0.717) is 18.0 Å². The van der Waals surface area contributed by atoms with E-state index in [4.69, 9.17) is 11.5 Å². The van der Waals surface area contributed by atoms with Crippen molar-refractivity contribution in [3.05, 3.63) is 29.8 Å². The topological polar surface area (TPSA) is 132 Å². The van der Waals surface area contributed by atoms with Crippen molar-refractivity contribution in [1.82, 2.24) is 5.32 Å². The number of carbonyl (C=O) groups is 2. The first-order valence-electron chi connectivity index (χ1n) is 7.63. The molecule has 7 nitrogen and oxygen atoms in total. The van der Waals surface area contributed by atoms with E-state index < -0.39 is 27.0 Å². The van der Waals surface area contributed by atoms with Crippen LogP contribution in [0.2, 0.25) is 0 Å². The first-order chi connectivity index (χ1) is 11.0. The van der Waals surface area contributed by atoms with E-state index in [-0.39, 0.29) is 23.2 Å². The van der Waals surface area contributed by atoms with Gasteiger partial charge < -0.3 is 16.8 Å². The SMILES string of the molecule is CC(C)CC(C)(CN)NC(=O)c1ccc(S(=O)(=O)CC(N)=O)cc1.Cl. The van der Waals surface area contributed by atoms with Gasteiger partial charge in [0.15, 0.2) is 9.84 Å². The summed E-state index contributed by atoms with van der Waals surface area (Å²) in [5, 5.41) is 2.89. The van der Waals surface area contributed by atoms with Crippen LogP contribution < -0.4 is 16.8 Å². The third-order valence-corrected chi connectivity index (χ3v) is 5.19. The Morgan fingerprint density at radius 1 is 1.20 bits per heavy atom. The molecular weight excluding hydrogens is 366 g/mol. The van der Waals surface area contributed by atoms with Gasteiger partial charge in [0.2, 0.25) is 5.91 Å². The third kappa shape index (κ3) is 7.01. The van der Waals surface area contributed by atoms with Gasteiger partial charge in [-0.05, 0) is 43.5 Å². The highest BCUT2D eigenvalue weighted by molar-refractivity contribution is 7.92. The molecule has 1 rings (SSSR count). The van der Waals surface area contributed by atoms with Crippen molar-refractivity contribution in [2.24, 2.45) is 17.4 Å². The molecule has 1 atom stereocenters. The fourth-order valence-electron chi connectivity index (χ4n) is 2.52. The molecule has 1 aromatic rings. The number of nitrogens with one attached hydrogen (secondary N) is 1. The molecule has 0 radical (unpaired) electrons. The highest BCUT2D eigenvalue weighted by atomic mass is 35.5. The van der Waals surface area contributed by atoms with Crippen LogP contribution >= 0.6 is 12.4 Å². The summed E-state index contributed by atoms with van der Waals surface area (Å²) in [5.74, 6) is -1.66. The van der Waals surface area contributed by atoms with Gasteiger partial charge in [-0.25, -0.2) is 8.42 Å². The molecule has 1 unspecified atom stereocenters. The van der Waals surface area contributed by atoms with Crippen LogP contribution in [0.4, 0.5) is 0 Å². The van der Waals surface area contributed by atoms with Gasteiger partial charge in [-0.1, -0.05) is 13.8 Å². The minimum atomic E-state index is -3.78. The Morgan fingerprint density at radius 3 is 2.12 bits per heavy atom. The molecule has 0 bridgehead atoms. The largest absolute Gasteiger partial charge is 0.369 e. The average Bonchev–Trinajstić information content (AvgIpc) is 2.45. The molecular formula is C16H26ClN3O4S. The van der Waals surface area contributed by atoms with Crippen LogP contribution in [0.15, 0.2) is 29.2 Å². The molecule has 142 valence electrons. The Bertz CT molecular complexity index is 705. The van der Waals surface area contributed by atoms with Crippen LogP contribution in [0, 0.1) is 5.92 Å². The molecule has 0 fully saturated rings. The predicted molar refractivity (Wildman–Crippen MR) is 99.3 cm³/mol. The number of hydrogen-bond acceptors (Lipinski definition) is 5. The zero-order valence-corrected chi connectivity index (χ0v) is 16.2. The highest BCUT2D eigenvalue weighted by Crippen LogP contribution is 2.17. The molecule has 0 aliphatic rings. The van der Waals surface area contributed by atoms with Gasteiger partial charge in [0.25, 0.3) is 5.91 Å². The van der Waals surface area contributed by atoms with E-state index >= 15 is 0 Å². The summed E-state index contributed by atoms with van der Waals surface area (Å²) in [7, 11) is -3.78. The zero-order chi connectivity index (χ0) is 18.5.